The van der Waals surface area contributed by atoms with Crippen molar-refractivity contribution in [3.8, 4) is 5.75 Å². The van der Waals surface area contributed by atoms with E-state index in [0.29, 0.717) is 18.6 Å². The fraction of sp³-hybridized carbons (Fsp3) is 0.278. The zero-order valence-corrected chi connectivity index (χ0v) is 16.5. The lowest BCUT2D eigenvalue weighted by Crippen LogP contribution is -2.34. The first-order chi connectivity index (χ1) is 12.6. The topological polar surface area (TPSA) is 92.9 Å². The third-order valence-electron chi connectivity index (χ3n) is 3.45. The van der Waals surface area contributed by atoms with Crippen LogP contribution >= 0.6 is 22.6 Å². The minimum atomic E-state index is -0.397. The number of aryl methyl sites for hydroxylation is 1. The molecule has 0 bridgehead atoms. The number of nitrogens with one attached hydrogen (secondary N) is 2. The maximum Gasteiger partial charge on any atom is 0.259 e. The summed E-state index contributed by atoms with van der Waals surface area (Å²) >= 11 is 2.04. The number of hydrazone groups is 1. The van der Waals surface area contributed by atoms with Crippen LogP contribution in [-0.4, -0.2) is 31.7 Å². The van der Waals surface area contributed by atoms with Crippen molar-refractivity contribution in [1.82, 2.24) is 10.7 Å². The summed E-state index contributed by atoms with van der Waals surface area (Å²) in [6, 6.07) is 11.3. The van der Waals surface area contributed by atoms with E-state index in [9.17, 15) is 9.59 Å². The van der Waals surface area contributed by atoms with Crippen molar-refractivity contribution in [2.45, 2.75) is 19.3 Å². The molecule has 0 saturated heterocycles. The van der Waals surface area contributed by atoms with Gasteiger partial charge in [0.15, 0.2) is 3.77 Å². The van der Waals surface area contributed by atoms with Crippen LogP contribution in [0.15, 0.2) is 45.9 Å². The molecule has 7 nitrogen and oxygen atoms in total. The van der Waals surface area contributed by atoms with Gasteiger partial charge in [0.05, 0.1) is 19.9 Å². The minimum absolute atomic E-state index is 0.117. The lowest BCUT2D eigenvalue weighted by molar-refractivity contribution is -0.126. The molecule has 8 heteroatoms. The number of ether oxygens (including phenoxy) is 1. The number of furan rings is 1. The van der Waals surface area contributed by atoms with Crippen LogP contribution in [0.4, 0.5) is 0 Å². The molecule has 1 aromatic carbocycles. The smallest absolute Gasteiger partial charge is 0.259 e. The summed E-state index contributed by atoms with van der Waals surface area (Å²) < 4.78 is 11.1. The Morgan fingerprint density at radius 3 is 2.62 bits per heavy atom. The third kappa shape index (κ3) is 7.26. The lowest BCUT2D eigenvalue weighted by atomic mass is 10.1. The maximum atomic E-state index is 11.8. The van der Waals surface area contributed by atoms with Crippen LogP contribution in [0.5, 0.6) is 5.75 Å². The molecular weight excluding hydrogens is 449 g/mol. The molecule has 138 valence electrons. The fourth-order valence-corrected chi connectivity index (χ4v) is 2.55. The number of rotatable bonds is 9. The Balaban J connectivity index is 1.60. The molecule has 0 aliphatic heterocycles. The van der Waals surface area contributed by atoms with Crippen molar-refractivity contribution in [1.29, 1.82) is 0 Å². The number of benzene rings is 1. The Labute approximate surface area is 165 Å². The lowest BCUT2D eigenvalue weighted by Gasteiger charge is -2.05. The molecule has 0 spiro atoms. The van der Waals surface area contributed by atoms with Gasteiger partial charge in [-0.3, -0.25) is 9.59 Å². The summed E-state index contributed by atoms with van der Waals surface area (Å²) in [4.78, 5) is 23.4. The number of nitrogens with zero attached hydrogens (tertiary/aromatic N) is 1. The number of carbonyl (C=O) groups excluding carboxylic acids is 2. The van der Waals surface area contributed by atoms with Crippen molar-refractivity contribution < 1.29 is 18.7 Å². The monoisotopic (exact) mass is 469 g/mol. The van der Waals surface area contributed by atoms with Crippen LogP contribution in [0.1, 0.15) is 24.2 Å². The van der Waals surface area contributed by atoms with Gasteiger partial charge in [0, 0.05) is 6.42 Å². The molecule has 2 aromatic rings. The van der Waals surface area contributed by atoms with Gasteiger partial charge in [-0.15, -0.1) is 0 Å². The van der Waals surface area contributed by atoms with Gasteiger partial charge < -0.3 is 14.5 Å². The zero-order valence-electron chi connectivity index (χ0n) is 14.3. The fourth-order valence-electron chi connectivity index (χ4n) is 2.12. The standard InChI is InChI=1S/C18H20IN3O4/c1-25-14-7-5-13(6-8-14)3-2-4-17(23)20-12-18(24)22-21-11-15-9-10-16(19)26-15/h5-11H,2-4,12H2,1H3,(H,20,23)(H,22,24). The third-order valence-corrected chi connectivity index (χ3v) is 4.03. The number of methoxy groups -OCH3 is 1. The van der Waals surface area contributed by atoms with E-state index in [4.69, 9.17) is 9.15 Å². The Bertz CT molecular complexity index is 756. The molecule has 0 saturated carbocycles. The number of hydrogen-bond acceptors (Lipinski definition) is 5. The van der Waals surface area contributed by atoms with Crippen LogP contribution in [0.3, 0.4) is 0 Å². The molecule has 2 amide bonds. The number of amides is 2. The normalized spacial score (nSPS) is 10.7. The summed E-state index contributed by atoms with van der Waals surface area (Å²) in [5.74, 6) is 0.781. The van der Waals surface area contributed by atoms with Gasteiger partial charge in [0.25, 0.3) is 5.91 Å². The molecule has 2 N–H and O–H groups in total. The van der Waals surface area contributed by atoms with Crippen molar-refractivity contribution in [3.05, 3.63) is 51.5 Å². The maximum absolute atomic E-state index is 11.8. The Morgan fingerprint density at radius 1 is 1.19 bits per heavy atom. The van der Waals surface area contributed by atoms with Crippen LogP contribution in [0, 0.1) is 3.77 Å². The molecule has 0 aliphatic rings. The largest absolute Gasteiger partial charge is 0.497 e. The van der Waals surface area contributed by atoms with Crippen molar-refractivity contribution >= 4 is 40.6 Å². The predicted octanol–water partition coefficient (Wildman–Crippen LogP) is 2.48. The van der Waals surface area contributed by atoms with Gasteiger partial charge in [-0.2, -0.15) is 5.10 Å². The highest BCUT2D eigenvalue weighted by Crippen LogP contribution is 2.13. The molecule has 0 unspecified atom stereocenters. The summed E-state index contributed by atoms with van der Waals surface area (Å²) in [6.45, 7) is -0.117. The highest BCUT2D eigenvalue weighted by atomic mass is 127. The Kier molecular flexibility index (Phi) is 8.13. The first-order valence-corrected chi connectivity index (χ1v) is 9.11. The van der Waals surface area contributed by atoms with Gasteiger partial charge >= 0.3 is 0 Å². The van der Waals surface area contributed by atoms with Crippen molar-refractivity contribution in [3.63, 3.8) is 0 Å². The molecular formula is C18H20IN3O4. The van der Waals surface area contributed by atoms with Gasteiger partial charge in [-0.05, 0) is 65.3 Å². The summed E-state index contributed by atoms with van der Waals surface area (Å²) in [7, 11) is 1.62. The highest BCUT2D eigenvalue weighted by Gasteiger charge is 2.05. The van der Waals surface area contributed by atoms with E-state index in [1.165, 1.54) is 6.21 Å². The van der Waals surface area contributed by atoms with Gasteiger partial charge in [0.1, 0.15) is 11.5 Å². The number of halogens is 1. The zero-order chi connectivity index (χ0) is 18.8. The quantitative estimate of drug-likeness (QED) is 0.336. The second kappa shape index (κ2) is 10.6. The van der Waals surface area contributed by atoms with E-state index >= 15 is 0 Å². The molecule has 1 aromatic heterocycles. The molecule has 2 rings (SSSR count). The van der Waals surface area contributed by atoms with E-state index in [-0.39, 0.29) is 12.5 Å². The average molecular weight is 469 g/mol. The van der Waals surface area contributed by atoms with E-state index in [2.05, 4.69) is 15.8 Å². The van der Waals surface area contributed by atoms with Crippen LogP contribution in [-0.2, 0) is 16.0 Å². The summed E-state index contributed by atoms with van der Waals surface area (Å²) in [5, 5.41) is 6.34. The van der Waals surface area contributed by atoms with Gasteiger partial charge in [0.2, 0.25) is 5.91 Å². The summed E-state index contributed by atoms with van der Waals surface area (Å²) in [6.07, 6.45) is 3.25. The van der Waals surface area contributed by atoms with E-state index in [1.807, 2.05) is 46.9 Å². The second-order valence-corrected chi connectivity index (χ2v) is 6.48. The average Bonchev–Trinajstić information content (AvgIpc) is 3.06. The highest BCUT2D eigenvalue weighted by molar-refractivity contribution is 14.1. The SMILES string of the molecule is COc1ccc(CCCC(=O)NCC(=O)NN=Cc2ccc(I)o2)cc1. The molecule has 0 aliphatic carbocycles. The van der Waals surface area contributed by atoms with Crippen molar-refractivity contribution in [2.75, 3.05) is 13.7 Å². The first-order valence-electron chi connectivity index (χ1n) is 8.03. The number of carbonyl (C=O) groups is 2. The van der Waals surface area contributed by atoms with Gasteiger partial charge in [-0.1, -0.05) is 12.1 Å². The first kappa shape index (κ1) is 20.0. The summed E-state index contributed by atoms with van der Waals surface area (Å²) in [5.41, 5.74) is 3.47. The van der Waals surface area contributed by atoms with E-state index in [0.717, 1.165) is 21.5 Å². The molecule has 0 fully saturated rings. The molecule has 1 heterocycles. The predicted molar refractivity (Wildman–Crippen MR) is 106 cm³/mol. The van der Waals surface area contributed by atoms with Crippen molar-refractivity contribution in [2.24, 2.45) is 5.10 Å². The second-order valence-electron chi connectivity index (χ2n) is 5.41. The van der Waals surface area contributed by atoms with Crippen LogP contribution < -0.4 is 15.5 Å². The van der Waals surface area contributed by atoms with Gasteiger partial charge in [-0.25, -0.2) is 5.43 Å². The van der Waals surface area contributed by atoms with Crippen LogP contribution in [0.25, 0.3) is 0 Å². The van der Waals surface area contributed by atoms with E-state index in [1.54, 1.807) is 19.2 Å². The van der Waals surface area contributed by atoms with E-state index < -0.39 is 5.91 Å². The molecule has 0 radical (unpaired) electrons. The van der Waals surface area contributed by atoms with Crippen LogP contribution in [0.2, 0.25) is 0 Å². The number of hydrogen-bond donors (Lipinski definition) is 2. The Hall–Kier alpha value is -2.36. The Morgan fingerprint density at radius 2 is 1.96 bits per heavy atom. The molecule has 0 atom stereocenters. The minimum Gasteiger partial charge on any atom is -0.497 e. The molecule has 26 heavy (non-hydrogen) atoms.